The molecule has 4 rings (SSSR count). The number of alkyl halides is 3. The number of benzene rings is 1. The number of anilines is 1. The summed E-state index contributed by atoms with van der Waals surface area (Å²) in [6.45, 7) is 1.81. The molecule has 0 bridgehead atoms. The lowest BCUT2D eigenvalue weighted by Gasteiger charge is -2.16. The van der Waals surface area contributed by atoms with Crippen LogP contribution in [0, 0.1) is 6.92 Å². The van der Waals surface area contributed by atoms with E-state index in [1.54, 1.807) is 19.2 Å². The third kappa shape index (κ3) is 4.36. The molecule has 0 aliphatic heterocycles. The van der Waals surface area contributed by atoms with Gasteiger partial charge in [-0.05, 0) is 25.1 Å². The van der Waals surface area contributed by atoms with Gasteiger partial charge in [0.1, 0.15) is 5.82 Å². The van der Waals surface area contributed by atoms with Gasteiger partial charge in [0.05, 0.1) is 27.9 Å². The largest absolute Gasteiger partial charge is 0.417 e. The number of hydrogen-bond donors (Lipinski definition) is 1. The number of aryl methyl sites for hydroxylation is 1. The van der Waals surface area contributed by atoms with Crippen molar-refractivity contribution in [1.82, 2.24) is 20.4 Å². The molecule has 170 valence electrons. The van der Waals surface area contributed by atoms with Crippen LogP contribution >= 0.6 is 0 Å². The van der Waals surface area contributed by atoms with Gasteiger partial charge in [0, 0.05) is 38.0 Å². The van der Waals surface area contributed by atoms with E-state index in [0.29, 0.717) is 16.9 Å². The smallest absolute Gasteiger partial charge is 0.362 e. The Kier molecular flexibility index (Phi) is 5.75. The number of carbonyl (C=O) groups is 1. The van der Waals surface area contributed by atoms with Crippen molar-refractivity contribution in [3.63, 3.8) is 0 Å². The first kappa shape index (κ1) is 22.3. The van der Waals surface area contributed by atoms with Crippen LogP contribution in [0.2, 0.25) is 0 Å². The van der Waals surface area contributed by atoms with Crippen LogP contribution < -0.4 is 10.2 Å². The Morgan fingerprint density at radius 1 is 1.15 bits per heavy atom. The summed E-state index contributed by atoms with van der Waals surface area (Å²) < 4.78 is 45.9. The van der Waals surface area contributed by atoms with E-state index < -0.39 is 17.6 Å². The fourth-order valence-corrected chi connectivity index (χ4v) is 3.61. The zero-order chi connectivity index (χ0) is 23.8. The molecule has 1 amide bonds. The molecule has 0 radical (unpaired) electrons. The normalized spacial score (nSPS) is 11.6. The van der Waals surface area contributed by atoms with Gasteiger partial charge in [0.15, 0.2) is 0 Å². The van der Waals surface area contributed by atoms with Crippen molar-refractivity contribution >= 4 is 22.8 Å². The molecule has 0 unspecified atom stereocenters. The number of hydrogen-bond acceptors (Lipinski definition) is 6. The SMILES string of the molecule is Cc1noc2nc(-c3ccccc3C(F)(F)F)cc(C(=O)NCc3cccnc3N(C)C)c12. The standard InChI is InChI=1S/C23H20F3N5O2/c1-13-19-16(21(32)28-12-14-7-6-10-27-20(14)31(2)3)11-18(29-22(19)33-30-13)15-8-4-5-9-17(15)23(24,25)26/h4-11H,12H2,1-3H3,(H,28,32). The summed E-state index contributed by atoms with van der Waals surface area (Å²) in [5.74, 6) is 0.201. The summed E-state index contributed by atoms with van der Waals surface area (Å²) >= 11 is 0. The molecule has 3 aromatic heterocycles. The maximum absolute atomic E-state index is 13.6. The van der Waals surface area contributed by atoms with Crippen LogP contribution in [0.4, 0.5) is 19.0 Å². The van der Waals surface area contributed by atoms with Crippen molar-refractivity contribution in [1.29, 1.82) is 0 Å². The summed E-state index contributed by atoms with van der Waals surface area (Å²) in [6, 6.07) is 9.98. The molecule has 33 heavy (non-hydrogen) atoms. The highest BCUT2D eigenvalue weighted by Crippen LogP contribution is 2.37. The predicted molar refractivity (Wildman–Crippen MR) is 117 cm³/mol. The Balaban J connectivity index is 1.76. The van der Waals surface area contributed by atoms with E-state index in [2.05, 4.69) is 20.4 Å². The number of fused-ring (bicyclic) bond motifs is 1. The lowest BCUT2D eigenvalue weighted by Crippen LogP contribution is -2.25. The average molecular weight is 455 g/mol. The second-order valence-electron chi connectivity index (χ2n) is 7.61. The number of amides is 1. The molecule has 0 atom stereocenters. The van der Waals surface area contributed by atoms with Gasteiger partial charge in [0.2, 0.25) is 0 Å². The highest BCUT2D eigenvalue weighted by molar-refractivity contribution is 6.07. The van der Waals surface area contributed by atoms with E-state index in [-0.39, 0.29) is 29.1 Å². The van der Waals surface area contributed by atoms with E-state index in [0.717, 1.165) is 11.6 Å². The fourth-order valence-electron chi connectivity index (χ4n) is 3.61. The number of pyridine rings is 2. The zero-order valence-electron chi connectivity index (χ0n) is 18.1. The summed E-state index contributed by atoms with van der Waals surface area (Å²) in [5.41, 5.74) is 0.262. The van der Waals surface area contributed by atoms with Crippen LogP contribution in [0.5, 0.6) is 0 Å². The lowest BCUT2D eigenvalue weighted by atomic mass is 10.0. The van der Waals surface area contributed by atoms with Gasteiger partial charge in [-0.1, -0.05) is 29.4 Å². The molecule has 3 heterocycles. The van der Waals surface area contributed by atoms with Gasteiger partial charge in [-0.25, -0.2) is 9.97 Å². The summed E-state index contributed by atoms with van der Waals surface area (Å²) in [7, 11) is 3.68. The van der Waals surface area contributed by atoms with Crippen LogP contribution in [-0.2, 0) is 12.7 Å². The van der Waals surface area contributed by atoms with Gasteiger partial charge in [-0.15, -0.1) is 0 Å². The van der Waals surface area contributed by atoms with Crippen LogP contribution in [-0.4, -0.2) is 35.1 Å². The highest BCUT2D eigenvalue weighted by atomic mass is 19.4. The van der Waals surface area contributed by atoms with Crippen LogP contribution in [0.25, 0.3) is 22.4 Å². The van der Waals surface area contributed by atoms with Crippen molar-refractivity contribution in [2.45, 2.75) is 19.6 Å². The molecule has 0 fully saturated rings. The van der Waals surface area contributed by atoms with E-state index >= 15 is 0 Å². The number of rotatable bonds is 5. The second kappa shape index (κ2) is 8.53. The van der Waals surface area contributed by atoms with Gasteiger partial charge >= 0.3 is 6.18 Å². The average Bonchev–Trinajstić information content (AvgIpc) is 3.17. The predicted octanol–water partition coefficient (Wildman–Crippen LogP) is 4.61. The maximum atomic E-state index is 13.6. The molecule has 7 nitrogen and oxygen atoms in total. The summed E-state index contributed by atoms with van der Waals surface area (Å²) in [4.78, 5) is 23.5. The van der Waals surface area contributed by atoms with Crippen molar-refractivity contribution in [2.75, 3.05) is 19.0 Å². The first-order valence-electron chi connectivity index (χ1n) is 10.00. The van der Waals surface area contributed by atoms with E-state index in [1.165, 1.54) is 24.3 Å². The third-order valence-corrected chi connectivity index (χ3v) is 5.10. The minimum absolute atomic E-state index is 0.0116. The van der Waals surface area contributed by atoms with E-state index in [4.69, 9.17) is 4.52 Å². The van der Waals surface area contributed by atoms with Crippen molar-refractivity contribution in [3.8, 4) is 11.3 Å². The topological polar surface area (TPSA) is 84.1 Å². The first-order valence-corrected chi connectivity index (χ1v) is 10.00. The van der Waals surface area contributed by atoms with Crippen LogP contribution in [0.1, 0.15) is 27.2 Å². The van der Waals surface area contributed by atoms with Gasteiger partial charge in [0.25, 0.3) is 11.6 Å². The maximum Gasteiger partial charge on any atom is 0.417 e. The summed E-state index contributed by atoms with van der Waals surface area (Å²) in [6.07, 6.45) is -2.94. The zero-order valence-corrected chi connectivity index (χ0v) is 18.1. The van der Waals surface area contributed by atoms with Crippen molar-refractivity contribution in [3.05, 3.63) is 71.0 Å². The van der Waals surface area contributed by atoms with Crippen LogP contribution in [0.3, 0.4) is 0 Å². The van der Waals surface area contributed by atoms with E-state index in [9.17, 15) is 18.0 Å². The molecule has 0 aliphatic rings. The number of nitrogens with zero attached hydrogens (tertiary/aromatic N) is 4. The Labute approximate surface area is 187 Å². The fraction of sp³-hybridized carbons (Fsp3) is 0.217. The van der Waals surface area contributed by atoms with Gasteiger partial charge in [-0.2, -0.15) is 13.2 Å². The van der Waals surface area contributed by atoms with Crippen LogP contribution in [0.15, 0.2) is 53.2 Å². The molecule has 1 aromatic carbocycles. The van der Waals surface area contributed by atoms with Crippen molar-refractivity contribution < 1.29 is 22.5 Å². The molecule has 0 aliphatic carbocycles. The lowest BCUT2D eigenvalue weighted by molar-refractivity contribution is -0.137. The molecular weight excluding hydrogens is 435 g/mol. The minimum atomic E-state index is -4.59. The third-order valence-electron chi connectivity index (χ3n) is 5.10. The number of halogens is 3. The molecule has 4 aromatic rings. The molecule has 1 N–H and O–H groups in total. The van der Waals surface area contributed by atoms with E-state index in [1.807, 2.05) is 25.1 Å². The van der Waals surface area contributed by atoms with Gasteiger partial charge < -0.3 is 14.7 Å². The molecule has 0 saturated carbocycles. The first-order chi connectivity index (χ1) is 15.7. The van der Waals surface area contributed by atoms with Gasteiger partial charge in [-0.3, -0.25) is 4.79 Å². The minimum Gasteiger partial charge on any atom is -0.362 e. The highest BCUT2D eigenvalue weighted by Gasteiger charge is 2.34. The quantitative estimate of drug-likeness (QED) is 0.473. The molecular formula is C23H20F3N5O2. The van der Waals surface area contributed by atoms with Crippen molar-refractivity contribution in [2.24, 2.45) is 0 Å². The Morgan fingerprint density at radius 2 is 1.91 bits per heavy atom. The number of carbonyl (C=O) groups excluding carboxylic acids is 1. The monoisotopic (exact) mass is 455 g/mol. The Hall–Kier alpha value is -3.95. The summed E-state index contributed by atoms with van der Waals surface area (Å²) in [5, 5.41) is 7.01. The molecule has 0 spiro atoms. The molecule has 10 heteroatoms. The Bertz CT molecular complexity index is 1330. The molecule has 0 saturated heterocycles. The second-order valence-corrected chi connectivity index (χ2v) is 7.61. The number of aromatic nitrogens is 3. The number of nitrogens with one attached hydrogen (secondary N) is 1. The Morgan fingerprint density at radius 3 is 2.64 bits per heavy atom.